The molecule has 5 nitrogen and oxygen atoms in total. The smallest absolute Gasteiger partial charge is 0.328 e. The summed E-state index contributed by atoms with van der Waals surface area (Å²) in [6.45, 7) is 0.991. The predicted octanol–water partition coefficient (Wildman–Crippen LogP) is 2.13. The van der Waals surface area contributed by atoms with Gasteiger partial charge >= 0.3 is 5.69 Å². The molecule has 1 aliphatic rings. The van der Waals surface area contributed by atoms with Gasteiger partial charge in [0, 0.05) is 18.4 Å². The van der Waals surface area contributed by atoms with Crippen molar-refractivity contribution in [2.24, 2.45) is 0 Å². The van der Waals surface area contributed by atoms with E-state index < -0.39 is 0 Å². The number of nitriles is 1. The molecule has 1 fully saturated rings. The highest BCUT2D eigenvalue weighted by Gasteiger charge is 2.25. The fourth-order valence-electron chi connectivity index (χ4n) is 2.29. The molecule has 0 unspecified atom stereocenters. The second-order valence-electron chi connectivity index (χ2n) is 5.24. The Morgan fingerprint density at radius 3 is 2.67 bits per heavy atom. The first-order valence-electron chi connectivity index (χ1n) is 7.14. The molecule has 1 saturated carbocycles. The molecule has 0 N–H and O–H groups in total. The van der Waals surface area contributed by atoms with Crippen LogP contribution in [0.5, 0.6) is 5.75 Å². The molecule has 0 amide bonds. The van der Waals surface area contributed by atoms with Gasteiger partial charge in [-0.05, 0) is 30.5 Å². The minimum Gasteiger partial charge on any atom is -0.492 e. The lowest BCUT2D eigenvalue weighted by molar-refractivity contribution is 0.295. The summed E-state index contributed by atoms with van der Waals surface area (Å²) in [6, 6.07) is 9.99. The normalized spacial score (nSPS) is 13.9. The molecule has 2 aromatic rings. The molecule has 0 saturated heterocycles. The van der Waals surface area contributed by atoms with E-state index in [0.717, 1.165) is 24.2 Å². The summed E-state index contributed by atoms with van der Waals surface area (Å²) in [5.41, 5.74) is 1.02. The maximum absolute atomic E-state index is 12.0. The highest BCUT2D eigenvalue weighted by molar-refractivity contribution is 5.28. The number of hydrogen-bond acceptors (Lipinski definition) is 3. The van der Waals surface area contributed by atoms with Crippen LogP contribution in [0.3, 0.4) is 0 Å². The lowest BCUT2D eigenvalue weighted by atomic mass is 10.2. The Labute approximate surface area is 123 Å². The average molecular weight is 283 g/mol. The van der Waals surface area contributed by atoms with Gasteiger partial charge in [0.15, 0.2) is 0 Å². The van der Waals surface area contributed by atoms with E-state index in [1.807, 2.05) is 36.7 Å². The van der Waals surface area contributed by atoms with Gasteiger partial charge in [-0.3, -0.25) is 9.13 Å². The van der Waals surface area contributed by atoms with Crippen molar-refractivity contribution in [3.05, 3.63) is 52.7 Å². The number of benzene rings is 1. The zero-order valence-corrected chi connectivity index (χ0v) is 11.7. The molecule has 0 atom stereocenters. The van der Waals surface area contributed by atoms with E-state index in [2.05, 4.69) is 6.07 Å². The van der Waals surface area contributed by atoms with Crippen LogP contribution in [0, 0.1) is 11.3 Å². The molecule has 0 bridgehead atoms. The molecular formula is C16H17N3O2. The van der Waals surface area contributed by atoms with Crippen molar-refractivity contribution >= 4 is 0 Å². The van der Waals surface area contributed by atoms with Crippen molar-refractivity contribution in [2.45, 2.75) is 31.8 Å². The first-order valence-corrected chi connectivity index (χ1v) is 7.14. The predicted molar refractivity (Wildman–Crippen MR) is 78.2 cm³/mol. The van der Waals surface area contributed by atoms with Gasteiger partial charge in [-0.25, -0.2) is 4.79 Å². The largest absolute Gasteiger partial charge is 0.492 e. The Morgan fingerprint density at radius 2 is 2.00 bits per heavy atom. The van der Waals surface area contributed by atoms with Crippen molar-refractivity contribution in [3.63, 3.8) is 0 Å². The quantitative estimate of drug-likeness (QED) is 0.816. The third-order valence-corrected chi connectivity index (χ3v) is 3.62. The van der Waals surface area contributed by atoms with Crippen LogP contribution in [0.1, 0.15) is 24.4 Å². The van der Waals surface area contributed by atoms with Gasteiger partial charge < -0.3 is 4.74 Å². The van der Waals surface area contributed by atoms with Gasteiger partial charge in [-0.15, -0.1) is 0 Å². The number of ether oxygens (including phenoxy) is 1. The van der Waals surface area contributed by atoms with Crippen LogP contribution >= 0.6 is 0 Å². The van der Waals surface area contributed by atoms with Crippen molar-refractivity contribution in [3.8, 4) is 11.8 Å². The monoisotopic (exact) mass is 283 g/mol. The average Bonchev–Trinajstić information content (AvgIpc) is 3.27. The lowest BCUT2D eigenvalue weighted by Crippen LogP contribution is -2.25. The van der Waals surface area contributed by atoms with Crippen LogP contribution in [0.4, 0.5) is 0 Å². The molecular weight excluding hydrogens is 266 g/mol. The van der Waals surface area contributed by atoms with Crippen molar-refractivity contribution in [1.29, 1.82) is 5.26 Å². The van der Waals surface area contributed by atoms with Crippen LogP contribution < -0.4 is 10.4 Å². The van der Waals surface area contributed by atoms with Crippen LogP contribution in [0.2, 0.25) is 0 Å². The number of rotatable bonds is 6. The van der Waals surface area contributed by atoms with Crippen molar-refractivity contribution in [2.75, 3.05) is 6.61 Å². The van der Waals surface area contributed by atoms with Crippen molar-refractivity contribution < 1.29 is 4.74 Å². The van der Waals surface area contributed by atoms with Gasteiger partial charge in [0.1, 0.15) is 12.4 Å². The molecule has 0 radical (unpaired) electrons. The minimum atomic E-state index is 0.0467. The molecule has 5 heteroatoms. The molecule has 3 rings (SSSR count). The molecule has 1 aromatic carbocycles. The van der Waals surface area contributed by atoms with E-state index >= 15 is 0 Å². The summed E-state index contributed by atoms with van der Waals surface area (Å²) in [5, 5.41) is 8.61. The zero-order chi connectivity index (χ0) is 14.7. The molecule has 0 aliphatic heterocycles. The number of aromatic nitrogens is 2. The van der Waals surface area contributed by atoms with Crippen molar-refractivity contribution in [1.82, 2.24) is 9.13 Å². The molecule has 21 heavy (non-hydrogen) atoms. The van der Waals surface area contributed by atoms with E-state index in [-0.39, 0.29) is 5.69 Å². The second-order valence-corrected chi connectivity index (χ2v) is 5.24. The Bertz CT molecular complexity index is 702. The van der Waals surface area contributed by atoms with Gasteiger partial charge in [-0.2, -0.15) is 5.26 Å². The highest BCUT2D eigenvalue weighted by Crippen LogP contribution is 2.33. The molecule has 1 aromatic heterocycles. The lowest BCUT2D eigenvalue weighted by Gasteiger charge is -2.07. The van der Waals surface area contributed by atoms with E-state index in [1.54, 1.807) is 9.13 Å². The van der Waals surface area contributed by atoms with Gasteiger partial charge in [0.05, 0.1) is 19.0 Å². The third kappa shape index (κ3) is 3.16. The molecule has 108 valence electrons. The summed E-state index contributed by atoms with van der Waals surface area (Å²) >= 11 is 0. The summed E-state index contributed by atoms with van der Waals surface area (Å²) in [4.78, 5) is 12.0. The minimum absolute atomic E-state index is 0.0467. The van der Waals surface area contributed by atoms with Gasteiger partial charge in [0.2, 0.25) is 0 Å². The Balaban J connectivity index is 1.54. The maximum Gasteiger partial charge on any atom is 0.328 e. The summed E-state index contributed by atoms with van der Waals surface area (Å²) < 4.78 is 9.12. The van der Waals surface area contributed by atoms with Crippen LogP contribution in [0.25, 0.3) is 0 Å². The third-order valence-electron chi connectivity index (χ3n) is 3.62. The molecule has 0 spiro atoms. The van der Waals surface area contributed by atoms with E-state index in [1.165, 1.54) is 0 Å². The van der Waals surface area contributed by atoms with Crippen LogP contribution in [-0.2, 0) is 13.0 Å². The second kappa shape index (κ2) is 5.88. The fraction of sp³-hybridized carbons (Fsp3) is 0.375. The van der Waals surface area contributed by atoms with Gasteiger partial charge in [-0.1, -0.05) is 12.1 Å². The summed E-state index contributed by atoms with van der Waals surface area (Å²) in [6.07, 6.45) is 6.30. The maximum atomic E-state index is 12.0. The number of hydrogen-bond donors (Lipinski definition) is 0. The zero-order valence-electron chi connectivity index (χ0n) is 11.7. The van der Waals surface area contributed by atoms with Crippen LogP contribution in [0.15, 0.2) is 41.5 Å². The Hall–Kier alpha value is -2.48. The SMILES string of the molecule is N#CCc1ccc(OCCn2ccn(C3CC3)c2=O)cc1. The molecule has 1 aliphatic carbocycles. The van der Waals surface area contributed by atoms with E-state index in [0.29, 0.717) is 25.6 Å². The fourth-order valence-corrected chi connectivity index (χ4v) is 2.29. The molecule has 1 heterocycles. The first kappa shape index (κ1) is 13.5. The first-order chi connectivity index (χ1) is 10.3. The van der Waals surface area contributed by atoms with E-state index in [9.17, 15) is 4.79 Å². The number of nitrogens with zero attached hydrogens (tertiary/aromatic N) is 3. The standard InChI is InChI=1S/C16H17N3O2/c17-8-7-13-1-5-15(6-2-13)21-12-11-18-9-10-19(16(18)20)14-3-4-14/h1-2,5-6,9-10,14H,3-4,7,11-12H2. The number of imidazole rings is 1. The summed E-state index contributed by atoms with van der Waals surface area (Å²) in [7, 11) is 0. The Morgan fingerprint density at radius 1 is 1.24 bits per heavy atom. The topological polar surface area (TPSA) is 59.9 Å². The van der Waals surface area contributed by atoms with E-state index in [4.69, 9.17) is 10.00 Å². The van der Waals surface area contributed by atoms with Crippen LogP contribution in [-0.4, -0.2) is 15.7 Å². The Kier molecular flexibility index (Phi) is 3.78. The summed E-state index contributed by atoms with van der Waals surface area (Å²) in [5.74, 6) is 0.756. The van der Waals surface area contributed by atoms with Gasteiger partial charge in [0.25, 0.3) is 0 Å². The highest BCUT2D eigenvalue weighted by atomic mass is 16.5.